The van der Waals surface area contributed by atoms with Crippen LogP contribution in [-0.4, -0.2) is 119 Å². The standard InChI is InChI=1S/C37H52F3N5O8/c1-35-8-6-25-24-5-3-23(46)16-22(24)2-4-26(25)27(35)7-9-36(35,50)10-11-41-12-13-51-14-15-52-21-32(47)43-17-29-34(49)33(48)28(20-53-29)44-31-19-42-18-30(45-31)37(38,39)40/h3,5,16,18-19,25-29,33-34,41,46,48-50H,2,4,6-15,17,20-21H2,1H3,(H,43,47)(H,44,45)/t25-,26-,27+,28+,29-,33-,34+,35+,36-/m1/s1. The predicted molar refractivity (Wildman–Crippen MR) is 186 cm³/mol. The van der Waals surface area contributed by atoms with Crippen LogP contribution in [0, 0.1) is 17.3 Å². The van der Waals surface area contributed by atoms with E-state index in [2.05, 4.69) is 38.9 Å². The zero-order chi connectivity index (χ0) is 37.8. The maximum Gasteiger partial charge on any atom is 0.434 e. The first-order valence-electron chi connectivity index (χ1n) is 18.6. The lowest BCUT2D eigenvalue weighted by atomic mass is 9.53. The van der Waals surface area contributed by atoms with E-state index in [-0.39, 0.29) is 44.2 Å². The van der Waals surface area contributed by atoms with Crippen molar-refractivity contribution in [2.75, 3.05) is 58.0 Å². The highest BCUT2D eigenvalue weighted by molar-refractivity contribution is 5.77. The lowest BCUT2D eigenvalue weighted by Crippen LogP contribution is -2.58. The molecule has 16 heteroatoms. The molecule has 1 amide bonds. The molecule has 1 saturated heterocycles. The molecule has 0 spiro atoms. The van der Waals surface area contributed by atoms with Gasteiger partial charge in [-0.25, -0.2) is 4.98 Å². The van der Waals surface area contributed by atoms with Crippen molar-refractivity contribution in [2.24, 2.45) is 17.3 Å². The van der Waals surface area contributed by atoms with E-state index in [9.17, 15) is 38.4 Å². The maximum atomic E-state index is 12.9. The average Bonchev–Trinajstić information content (AvgIpc) is 3.40. The maximum absolute atomic E-state index is 12.9. The summed E-state index contributed by atoms with van der Waals surface area (Å²) in [5, 5.41) is 51.4. The number of ether oxygens (including phenoxy) is 3. The van der Waals surface area contributed by atoms with Gasteiger partial charge in [-0.1, -0.05) is 13.0 Å². The van der Waals surface area contributed by atoms with Crippen LogP contribution in [0.15, 0.2) is 30.6 Å². The molecule has 294 valence electrons. The Morgan fingerprint density at radius 2 is 1.87 bits per heavy atom. The molecule has 2 aromatic rings. The average molecular weight is 752 g/mol. The molecule has 7 N–H and O–H groups in total. The Hall–Kier alpha value is -3.12. The van der Waals surface area contributed by atoms with Gasteiger partial charge in [0, 0.05) is 13.1 Å². The quantitative estimate of drug-likeness (QED) is 0.132. The Labute approximate surface area is 307 Å². The number of halogens is 3. The fourth-order valence-electron chi connectivity index (χ4n) is 9.26. The van der Waals surface area contributed by atoms with Gasteiger partial charge >= 0.3 is 6.18 Å². The molecular weight excluding hydrogens is 699 g/mol. The summed E-state index contributed by atoms with van der Waals surface area (Å²) >= 11 is 0. The fourth-order valence-corrected chi connectivity index (χ4v) is 9.26. The topological polar surface area (TPSA) is 188 Å². The van der Waals surface area contributed by atoms with E-state index < -0.39 is 47.7 Å². The van der Waals surface area contributed by atoms with Gasteiger partial charge in [0.15, 0.2) is 5.69 Å². The number of carbonyl (C=O) groups is 1. The van der Waals surface area contributed by atoms with Gasteiger partial charge in [-0.05, 0) is 97.9 Å². The fraction of sp³-hybridized carbons (Fsp3) is 0.703. The summed E-state index contributed by atoms with van der Waals surface area (Å²) in [7, 11) is 0. The van der Waals surface area contributed by atoms with Crippen LogP contribution in [0.5, 0.6) is 5.75 Å². The molecule has 6 rings (SSSR count). The second kappa shape index (κ2) is 16.7. The highest BCUT2D eigenvalue weighted by Crippen LogP contribution is 2.65. The van der Waals surface area contributed by atoms with Crippen LogP contribution < -0.4 is 16.0 Å². The summed E-state index contributed by atoms with van der Waals surface area (Å²) in [5.41, 5.74) is 0.662. The van der Waals surface area contributed by atoms with E-state index in [1.54, 1.807) is 0 Å². The van der Waals surface area contributed by atoms with Gasteiger partial charge in [-0.15, -0.1) is 0 Å². The molecule has 4 aliphatic rings. The molecule has 1 aromatic carbocycles. The van der Waals surface area contributed by atoms with E-state index in [1.165, 1.54) is 11.1 Å². The Balaban J connectivity index is 0.807. The highest BCUT2D eigenvalue weighted by atomic mass is 19.4. The number of carbonyl (C=O) groups excluding carboxylic acids is 1. The van der Waals surface area contributed by atoms with E-state index in [1.807, 2.05) is 12.1 Å². The number of hydrogen-bond acceptors (Lipinski definition) is 12. The first-order valence-corrected chi connectivity index (χ1v) is 18.6. The second-order valence-corrected chi connectivity index (χ2v) is 15.2. The van der Waals surface area contributed by atoms with E-state index in [0.717, 1.165) is 44.7 Å². The summed E-state index contributed by atoms with van der Waals surface area (Å²) < 4.78 is 55.3. The molecule has 2 saturated carbocycles. The number of aliphatic hydroxyl groups is 3. The summed E-state index contributed by atoms with van der Waals surface area (Å²) in [5.74, 6) is 1.22. The van der Waals surface area contributed by atoms with Crippen molar-refractivity contribution in [3.63, 3.8) is 0 Å². The van der Waals surface area contributed by atoms with Crippen molar-refractivity contribution in [1.82, 2.24) is 20.6 Å². The molecule has 0 bridgehead atoms. The molecule has 0 radical (unpaired) electrons. The van der Waals surface area contributed by atoms with Gasteiger partial charge in [-0.2, -0.15) is 13.2 Å². The van der Waals surface area contributed by atoms with Crippen LogP contribution in [0.4, 0.5) is 19.0 Å². The number of alkyl halides is 3. The second-order valence-electron chi connectivity index (χ2n) is 15.2. The third-order valence-electron chi connectivity index (χ3n) is 12.2. The largest absolute Gasteiger partial charge is 0.508 e. The van der Waals surface area contributed by atoms with Crippen molar-refractivity contribution >= 4 is 11.7 Å². The number of aryl methyl sites for hydroxylation is 1. The number of nitrogens with zero attached hydrogens (tertiary/aromatic N) is 2. The highest BCUT2D eigenvalue weighted by Gasteiger charge is 2.61. The van der Waals surface area contributed by atoms with Crippen molar-refractivity contribution in [3.8, 4) is 5.75 Å². The van der Waals surface area contributed by atoms with E-state index >= 15 is 0 Å². The zero-order valence-electron chi connectivity index (χ0n) is 30.0. The Morgan fingerprint density at radius 1 is 1.06 bits per heavy atom. The van der Waals surface area contributed by atoms with E-state index in [0.29, 0.717) is 55.8 Å². The van der Waals surface area contributed by atoms with Gasteiger partial charge in [0.2, 0.25) is 5.91 Å². The third-order valence-corrected chi connectivity index (χ3v) is 12.2. The van der Waals surface area contributed by atoms with E-state index in [4.69, 9.17) is 14.2 Å². The zero-order valence-corrected chi connectivity index (χ0v) is 30.0. The summed E-state index contributed by atoms with van der Waals surface area (Å²) in [6.45, 7) is 3.99. The number of phenolic OH excluding ortho intramolecular Hbond substituents is 1. The number of hydrogen-bond donors (Lipinski definition) is 7. The van der Waals surface area contributed by atoms with Crippen molar-refractivity contribution < 1.29 is 52.6 Å². The lowest BCUT2D eigenvalue weighted by Gasteiger charge is -2.53. The van der Waals surface area contributed by atoms with Crippen molar-refractivity contribution in [3.05, 3.63) is 47.4 Å². The van der Waals surface area contributed by atoms with Crippen LogP contribution in [0.25, 0.3) is 0 Å². The summed E-state index contributed by atoms with van der Waals surface area (Å²) in [6, 6.07) is 4.89. The monoisotopic (exact) mass is 751 g/mol. The first kappa shape index (κ1) is 39.6. The van der Waals surface area contributed by atoms with Crippen molar-refractivity contribution in [1.29, 1.82) is 0 Å². The molecule has 0 unspecified atom stereocenters. The van der Waals surface area contributed by atoms with Crippen LogP contribution in [0.2, 0.25) is 0 Å². The Kier molecular flexibility index (Phi) is 12.5. The molecule has 53 heavy (non-hydrogen) atoms. The summed E-state index contributed by atoms with van der Waals surface area (Å²) in [6.07, 6.45) is -0.116. The lowest BCUT2D eigenvalue weighted by molar-refractivity contribution is -0.144. The molecule has 13 nitrogen and oxygen atoms in total. The number of rotatable bonds is 15. The first-order chi connectivity index (χ1) is 25.3. The number of anilines is 1. The van der Waals surface area contributed by atoms with Crippen molar-refractivity contribution in [2.45, 2.75) is 93.9 Å². The third kappa shape index (κ3) is 8.90. The van der Waals surface area contributed by atoms with Gasteiger partial charge in [0.05, 0.1) is 50.5 Å². The molecule has 2 heterocycles. The number of aromatic hydroxyl groups is 1. The molecule has 3 aliphatic carbocycles. The number of phenols is 1. The minimum atomic E-state index is -4.69. The Morgan fingerprint density at radius 3 is 2.68 bits per heavy atom. The molecular formula is C37H52F3N5O8. The minimum absolute atomic E-state index is 0.107. The SMILES string of the molecule is C[C@]12CC[C@@H]3c4ccc(O)cc4CC[C@H]3[C@@H]1CC[C@@]2(O)CCNCCOCCOCC(=O)NC[C@H]1OC[C@H](Nc2cncc(C(F)(F)F)n2)[C@@H](O)[C@H]1O. The number of aromatic nitrogens is 2. The van der Waals surface area contributed by atoms with Gasteiger partial charge < -0.3 is 50.6 Å². The summed E-state index contributed by atoms with van der Waals surface area (Å²) in [4.78, 5) is 19.2. The molecule has 3 fully saturated rings. The van der Waals surface area contributed by atoms with Crippen LogP contribution in [-0.2, 0) is 31.6 Å². The Bertz CT molecular complexity index is 1560. The number of amides is 1. The predicted octanol–water partition coefficient (Wildman–Crippen LogP) is 2.52. The van der Waals surface area contributed by atoms with Crippen LogP contribution in [0.3, 0.4) is 0 Å². The molecule has 9 atom stereocenters. The van der Waals surface area contributed by atoms with Crippen LogP contribution in [0.1, 0.15) is 68.2 Å². The molecule has 1 aromatic heterocycles. The number of nitrogens with one attached hydrogen (secondary N) is 3. The smallest absolute Gasteiger partial charge is 0.434 e. The number of aliphatic hydroxyl groups excluding tert-OH is 2. The van der Waals surface area contributed by atoms with Gasteiger partial charge in [-0.3, -0.25) is 9.78 Å². The van der Waals surface area contributed by atoms with Gasteiger partial charge in [0.25, 0.3) is 0 Å². The van der Waals surface area contributed by atoms with Crippen LogP contribution >= 0.6 is 0 Å². The molecule has 1 aliphatic heterocycles. The number of fused-ring (bicyclic) bond motifs is 5. The minimum Gasteiger partial charge on any atom is -0.508 e. The normalized spacial score (nSPS) is 32.4. The van der Waals surface area contributed by atoms with Gasteiger partial charge in [0.1, 0.15) is 36.5 Å². The number of benzene rings is 1.